The third kappa shape index (κ3) is 5.32. The van der Waals surface area contributed by atoms with E-state index in [0.717, 1.165) is 24.5 Å². The fourth-order valence-electron chi connectivity index (χ4n) is 3.13. The molecule has 0 saturated heterocycles. The first-order valence-electron chi connectivity index (χ1n) is 8.76. The molecule has 3 N–H and O–H groups in total. The van der Waals surface area contributed by atoms with Gasteiger partial charge in [0.15, 0.2) is 5.96 Å². The van der Waals surface area contributed by atoms with Crippen molar-refractivity contribution in [3.63, 3.8) is 0 Å². The molecule has 5 nitrogen and oxygen atoms in total. The summed E-state index contributed by atoms with van der Waals surface area (Å²) in [7, 11) is 3.39. The van der Waals surface area contributed by atoms with Crippen molar-refractivity contribution < 1.29 is 9.84 Å². The molecule has 134 valence electrons. The van der Waals surface area contributed by atoms with E-state index >= 15 is 0 Å². The number of benzene rings is 1. The fraction of sp³-hybridized carbons (Fsp3) is 0.632. The Hall–Kier alpha value is -1.91. The molecule has 0 unspecified atom stereocenters. The van der Waals surface area contributed by atoms with Gasteiger partial charge in [0.2, 0.25) is 0 Å². The Morgan fingerprint density at radius 3 is 2.62 bits per heavy atom. The molecule has 24 heavy (non-hydrogen) atoms. The lowest BCUT2D eigenvalue weighted by Crippen LogP contribution is -2.46. The summed E-state index contributed by atoms with van der Waals surface area (Å²) in [5.74, 6) is 1.78. The molecule has 0 bridgehead atoms. The summed E-state index contributed by atoms with van der Waals surface area (Å²) in [6, 6.07) is 5.91. The fourth-order valence-corrected chi connectivity index (χ4v) is 3.13. The third-order valence-electron chi connectivity index (χ3n) is 4.88. The molecule has 0 spiro atoms. The van der Waals surface area contributed by atoms with E-state index in [4.69, 9.17) is 4.74 Å². The van der Waals surface area contributed by atoms with Gasteiger partial charge in [-0.25, -0.2) is 0 Å². The van der Waals surface area contributed by atoms with Gasteiger partial charge in [0.05, 0.1) is 7.11 Å². The Kier molecular flexibility index (Phi) is 6.35. The maximum absolute atomic E-state index is 10.0. The van der Waals surface area contributed by atoms with Crippen LogP contribution in [0.25, 0.3) is 0 Å². The van der Waals surface area contributed by atoms with Gasteiger partial charge in [-0.3, -0.25) is 4.99 Å². The van der Waals surface area contributed by atoms with Crippen LogP contribution in [0.4, 0.5) is 0 Å². The summed E-state index contributed by atoms with van der Waals surface area (Å²) in [6.07, 6.45) is 5.61. The molecule has 1 aromatic rings. The molecule has 5 heteroatoms. The number of phenolic OH excluding ortho intramolecular Hbond substituents is 1. The average Bonchev–Trinajstić information content (AvgIpc) is 2.56. The largest absolute Gasteiger partial charge is 0.508 e. The predicted molar refractivity (Wildman–Crippen MR) is 98.9 cm³/mol. The highest BCUT2D eigenvalue weighted by Crippen LogP contribution is 2.34. The summed E-state index contributed by atoms with van der Waals surface area (Å²) in [5, 5.41) is 16.9. The van der Waals surface area contributed by atoms with Gasteiger partial charge < -0.3 is 20.5 Å². The number of methoxy groups -OCH3 is 1. The second kappa shape index (κ2) is 8.27. The molecule has 0 atom stereocenters. The van der Waals surface area contributed by atoms with Crippen LogP contribution in [0.15, 0.2) is 23.2 Å². The lowest BCUT2D eigenvalue weighted by Gasteiger charge is -2.35. The van der Waals surface area contributed by atoms with Crippen LogP contribution in [-0.2, 0) is 6.42 Å². The monoisotopic (exact) mass is 333 g/mol. The zero-order chi connectivity index (χ0) is 17.6. The Morgan fingerprint density at radius 1 is 1.33 bits per heavy atom. The van der Waals surface area contributed by atoms with Crippen molar-refractivity contribution in [3.05, 3.63) is 23.8 Å². The number of phenols is 1. The van der Waals surface area contributed by atoms with Crippen molar-refractivity contribution >= 4 is 5.96 Å². The molecule has 1 fully saturated rings. The molecule has 2 rings (SSSR count). The van der Waals surface area contributed by atoms with E-state index in [-0.39, 0.29) is 5.75 Å². The summed E-state index contributed by atoms with van der Waals surface area (Å²) >= 11 is 0. The first-order valence-corrected chi connectivity index (χ1v) is 8.76. The zero-order valence-electron chi connectivity index (χ0n) is 15.4. The number of rotatable bonds is 5. The standard InChI is InChI=1S/C19H31N3O2/c1-19(2)10-7-15(8-11-19)22-18(20-3)21-12-9-14-5-6-16(24-4)13-17(14)23/h5-6,13,15,23H,7-12H2,1-4H3,(H2,20,21,22). The number of hydrogen-bond acceptors (Lipinski definition) is 3. The Balaban J connectivity index is 1.78. The molecule has 1 aromatic carbocycles. The molecule has 1 saturated carbocycles. The molecular weight excluding hydrogens is 302 g/mol. The average molecular weight is 333 g/mol. The summed E-state index contributed by atoms with van der Waals surface area (Å²) < 4.78 is 5.10. The van der Waals surface area contributed by atoms with Gasteiger partial charge in [0, 0.05) is 25.7 Å². The molecule has 0 radical (unpaired) electrons. The number of guanidine groups is 1. The molecule has 1 aliphatic rings. The van der Waals surface area contributed by atoms with Gasteiger partial charge in [0.25, 0.3) is 0 Å². The van der Waals surface area contributed by atoms with E-state index in [2.05, 4.69) is 29.5 Å². The minimum absolute atomic E-state index is 0.272. The maximum atomic E-state index is 10.0. The molecule has 0 heterocycles. The summed E-state index contributed by atoms with van der Waals surface area (Å²) in [4.78, 5) is 4.31. The van der Waals surface area contributed by atoms with E-state index in [1.807, 2.05) is 12.1 Å². The second-order valence-corrected chi connectivity index (χ2v) is 7.33. The SMILES string of the molecule is CN=C(NCCc1ccc(OC)cc1O)NC1CCC(C)(C)CC1. The first-order chi connectivity index (χ1) is 11.4. The topological polar surface area (TPSA) is 65.9 Å². The molecular formula is C19H31N3O2. The lowest BCUT2D eigenvalue weighted by atomic mass is 9.75. The van der Waals surface area contributed by atoms with E-state index in [0.29, 0.717) is 17.2 Å². The van der Waals surface area contributed by atoms with Crippen LogP contribution in [0.3, 0.4) is 0 Å². The summed E-state index contributed by atoms with van der Waals surface area (Å²) in [6.45, 7) is 5.41. The van der Waals surface area contributed by atoms with Crippen molar-refractivity contribution in [3.8, 4) is 11.5 Å². The van der Waals surface area contributed by atoms with E-state index < -0.39 is 0 Å². The van der Waals surface area contributed by atoms with Gasteiger partial charge in [-0.05, 0) is 49.1 Å². The molecule has 0 aromatic heterocycles. The Labute approximate surface area is 145 Å². The van der Waals surface area contributed by atoms with Crippen LogP contribution in [0, 0.1) is 5.41 Å². The Bertz CT molecular complexity index is 560. The Morgan fingerprint density at radius 2 is 2.04 bits per heavy atom. The van der Waals surface area contributed by atoms with Gasteiger partial charge in [-0.1, -0.05) is 19.9 Å². The normalized spacial score (nSPS) is 18.2. The molecule has 0 amide bonds. The van der Waals surface area contributed by atoms with Crippen LogP contribution < -0.4 is 15.4 Å². The van der Waals surface area contributed by atoms with Crippen molar-refractivity contribution in [2.45, 2.75) is 52.0 Å². The predicted octanol–water partition coefficient (Wildman–Crippen LogP) is 3.08. The van der Waals surface area contributed by atoms with E-state index in [9.17, 15) is 5.11 Å². The van der Waals surface area contributed by atoms with Crippen molar-refractivity contribution in [2.24, 2.45) is 10.4 Å². The van der Waals surface area contributed by atoms with E-state index in [1.54, 1.807) is 20.2 Å². The number of ether oxygens (including phenoxy) is 1. The molecule has 1 aliphatic carbocycles. The number of hydrogen-bond donors (Lipinski definition) is 3. The van der Waals surface area contributed by atoms with Gasteiger partial charge in [0.1, 0.15) is 11.5 Å². The smallest absolute Gasteiger partial charge is 0.191 e. The second-order valence-electron chi connectivity index (χ2n) is 7.33. The number of nitrogens with one attached hydrogen (secondary N) is 2. The quantitative estimate of drug-likeness (QED) is 0.572. The number of aliphatic imine (C=N–C) groups is 1. The zero-order valence-corrected chi connectivity index (χ0v) is 15.4. The van der Waals surface area contributed by atoms with Crippen molar-refractivity contribution in [1.29, 1.82) is 0 Å². The van der Waals surface area contributed by atoms with Crippen molar-refractivity contribution in [2.75, 3.05) is 20.7 Å². The number of nitrogens with zero attached hydrogens (tertiary/aromatic N) is 1. The molecule has 0 aliphatic heterocycles. The lowest BCUT2D eigenvalue weighted by molar-refractivity contribution is 0.216. The third-order valence-corrected chi connectivity index (χ3v) is 4.88. The maximum Gasteiger partial charge on any atom is 0.191 e. The van der Waals surface area contributed by atoms with Crippen LogP contribution in [0.1, 0.15) is 45.1 Å². The van der Waals surface area contributed by atoms with Crippen LogP contribution in [0.2, 0.25) is 0 Å². The highest BCUT2D eigenvalue weighted by Gasteiger charge is 2.27. The summed E-state index contributed by atoms with van der Waals surface area (Å²) in [5.41, 5.74) is 1.37. The van der Waals surface area contributed by atoms with Crippen LogP contribution >= 0.6 is 0 Å². The van der Waals surface area contributed by atoms with Crippen LogP contribution in [-0.4, -0.2) is 37.8 Å². The first kappa shape index (κ1) is 18.4. The minimum Gasteiger partial charge on any atom is -0.508 e. The highest BCUT2D eigenvalue weighted by molar-refractivity contribution is 5.79. The highest BCUT2D eigenvalue weighted by atomic mass is 16.5. The van der Waals surface area contributed by atoms with Gasteiger partial charge >= 0.3 is 0 Å². The van der Waals surface area contributed by atoms with Gasteiger partial charge in [-0.15, -0.1) is 0 Å². The number of aromatic hydroxyl groups is 1. The minimum atomic E-state index is 0.272. The van der Waals surface area contributed by atoms with E-state index in [1.165, 1.54) is 25.7 Å². The van der Waals surface area contributed by atoms with Gasteiger partial charge in [-0.2, -0.15) is 0 Å². The van der Waals surface area contributed by atoms with Crippen molar-refractivity contribution in [1.82, 2.24) is 10.6 Å². The van der Waals surface area contributed by atoms with Crippen LogP contribution in [0.5, 0.6) is 11.5 Å².